The van der Waals surface area contributed by atoms with Crippen molar-refractivity contribution in [2.75, 3.05) is 0 Å². The molecule has 1 aromatic carbocycles. The van der Waals surface area contributed by atoms with Gasteiger partial charge in [0, 0.05) is 16.7 Å². The maximum Gasteiger partial charge on any atom is 0.332 e. The van der Waals surface area contributed by atoms with Gasteiger partial charge in [-0.15, -0.1) is 0 Å². The Morgan fingerprint density at radius 1 is 1.25 bits per heavy atom. The van der Waals surface area contributed by atoms with Gasteiger partial charge in [0.2, 0.25) is 0 Å². The minimum Gasteiger partial charge on any atom is -0.433 e. The van der Waals surface area contributed by atoms with Crippen LogP contribution in [0.1, 0.15) is 16.7 Å². The first-order valence-electron chi connectivity index (χ1n) is 5.94. The van der Waals surface area contributed by atoms with Crippen LogP contribution >= 0.6 is 15.9 Å². The summed E-state index contributed by atoms with van der Waals surface area (Å²) in [4.78, 5) is 14.5. The molecule has 0 amide bonds. The Labute approximate surface area is 124 Å². The Hall–Kier alpha value is -1.95. The van der Waals surface area contributed by atoms with E-state index in [1.54, 1.807) is 0 Å². The highest BCUT2D eigenvalue weighted by atomic mass is 79.9. The lowest BCUT2D eigenvalue weighted by molar-refractivity contribution is -0.386. The van der Waals surface area contributed by atoms with E-state index in [9.17, 15) is 10.1 Å². The second-order valence-corrected chi connectivity index (χ2v) is 5.46. The number of hydrogen-bond acceptors (Lipinski definition) is 4. The van der Waals surface area contributed by atoms with E-state index in [0.717, 1.165) is 16.7 Å². The minimum atomic E-state index is -0.509. The molecule has 5 nitrogen and oxygen atoms in total. The van der Waals surface area contributed by atoms with Gasteiger partial charge in [0.1, 0.15) is 5.75 Å². The third-order valence-corrected chi connectivity index (χ3v) is 3.40. The monoisotopic (exact) mass is 336 g/mol. The number of hydrogen-bond donors (Lipinski definition) is 0. The van der Waals surface area contributed by atoms with Gasteiger partial charge in [-0.05, 0) is 59.5 Å². The summed E-state index contributed by atoms with van der Waals surface area (Å²) in [5, 5.41) is 11.0. The standard InChI is InChI=1S/C14H13BrN2O3/c1-8-4-9(2)10(3)13(5-8)20-14-12(17(18)19)6-11(15)7-16-14/h4-7H,1-3H3. The Morgan fingerprint density at radius 3 is 2.60 bits per heavy atom. The van der Waals surface area contributed by atoms with Gasteiger partial charge in [-0.2, -0.15) is 0 Å². The fraction of sp³-hybridized carbons (Fsp3) is 0.214. The largest absolute Gasteiger partial charge is 0.433 e. The SMILES string of the molecule is Cc1cc(C)c(C)c(Oc2ncc(Br)cc2[N+](=O)[O-])c1. The lowest BCUT2D eigenvalue weighted by atomic mass is 10.1. The predicted octanol–water partition coefficient (Wildman–Crippen LogP) is 4.47. The van der Waals surface area contributed by atoms with Gasteiger partial charge in [-0.25, -0.2) is 4.98 Å². The van der Waals surface area contributed by atoms with Gasteiger partial charge in [0.25, 0.3) is 5.88 Å². The predicted molar refractivity (Wildman–Crippen MR) is 79.3 cm³/mol. The number of ether oxygens (including phenoxy) is 1. The summed E-state index contributed by atoms with van der Waals surface area (Å²) in [5.74, 6) is 0.576. The zero-order valence-electron chi connectivity index (χ0n) is 11.3. The fourth-order valence-corrected chi connectivity index (χ4v) is 2.16. The number of aryl methyl sites for hydroxylation is 2. The Bertz CT molecular complexity index is 686. The van der Waals surface area contributed by atoms with Crippen LogP contribution in [-0.4, -0.2) is 9.91 Å². The van der Waals surface area contributed by atoms with Crippen molar-refractivity contribution in [2.24, 2.45) is 0 Å². The highest BCUT2D eigenvalue weighted by Crippen LogP contribution is 2.33. The van der Waals surface area contributed by atoms with Crippen LogP contribution in [0.2, 0.25) is 0 Å². The number of pyridine rings is 1. The van der Waals surface area contributed by atoms with Crippen LogP contribution in [0.15, 0.2) is 28.9 Å². The molecule has 0 atom stereocenters. The van der Waals surface area contributed by atoms with Gasteiger partial charge in [0.05, 0.1) is 4.92 Å². The van der Waals surface area contributed by atoms with Crippen molar-refractivity contribution in [3.05, 3.63) is 55.7 Å². The summed E-state index contributed by atoms with van der Waals surface area (Å²) in [5.41, 5.74) is 2.87. The van der Waals surface area contributed by atoms with Crippen molar-refractivity contribution < 1.29 is 9.66 Å². The first-order valence-corrected chi connectivity index (χ1v) is 6.73. The zero-order valence-corrected chi connectivity index (χ0v) is 12.9. The Morgan fingerprint density at radius 2 is 1.95 bits per heavy atom. The highest BCUT2D eigenvalue weighted by Gasteiger charge is 2.19. The molecule has 0 saturated heterocycles. The van der Waals surface area contributed by atoms with Gasteiger partial charge >= 0.3 is 5.69 Å². The molecule has 0 bridgehead atoms. The van der Waals surface area contributed by atoms with Crippen molar-refractivity contribution in [3.8, 4) is 11.6 Å². The smallest absolute Gasteiger partial charge is 0.332 e. The van der Waals surface area contributed by atoms with Gasteiger partial charge in [-0.1, -0.05) is 6.07 Å². The normalized spacial score (nSPS) is 10.4. The molecule has 0 N–H and O–H groups in total. The van der Waals surface area contributed by atoms with Crippen LogP contribution < -0.4 is 4.74 Å². The maximum atomic E-state index is 11.0. The Balaban J connectivity index is 2.48. The molecule has 0 spiro atoms. The molecule has 104 valence electrons. The molecule has 0 radical (unpaired) electrons. The van der Waals surface area contributed by atoms with Crippen LogP contribution in [0, 0.1) is 30.9 Å². The van der Waals surface area contributed by atoms with E-state index in [4.69, 9.17) is 4.74 Å². The summed E-state index contributed by atoms with van der Waals surface area (Å²) in [6.45, 7) is 5.83. The molecule has 0 unspecified atom stereocenters. The number of nitro groups is 1. The second-order valence-electron chi connectivity index (χ2n) is 4.54. The van der Waals surface area contributed by atoms with Crippen LogP contribution in [0.4, 0.5) is 5.69 Å². The van der Waals surface area contributed by atoms with E-state index in [-0.39, 0.29) is 11.6 Å². The topological polar surface area (TPSA) is 65.3 Å². The van der Waals surface area contributed by atoms with Gasteiger partial charge < -0.3 is 4.74 Å². The molecule has 1 heterocycles. The van der Waals surface area contributed by atoms with E-state index in [1.165, 1.54) is 12.3 Å². The average Bonchev–Trinajstić information content (AvgIpc) is 2.37. The first-order chi connectivity index (χ1) is 9.38. The van der Waals surface area contributed by atoms with E-state index in [0.29, 0.717) is 10.2 Å². The van der Waals surface area contributed by atoms with Crippen LogP contribution in [0.3, 0.4) is 0 Å². The number of benzene rings is 1. The number of rotatable bonds is 3. The van der Waals surface area contributed by atoms with Crippen molar-refractivity contribution in [1.29, 1.82) is 0 Å². The van der Waals surface area contributed by atoms with E-state index in [2.05, 4.69) is 20.9 Å². The lowest BCUT2D eigenvalue weighted by Crippen LogP contribution is -1.98. The molecule has 2 aromatic rings. The summed E-state index contributed by atoms with van der Waals surface area (Å²) < 4.78 is 6.18. The number of halogens is 1. The van der Waals surface area contributed by atoms with Crippen LogP contribution in [0.25, 0.3) is 0 Å². The van der Waals surface area contributed by atoms with Crippen molar-refractivity contribution in [1.82, 2.24) is 4.98 Å². The highest BCUT2D eigenvalue weighted by molar-refractivity contribution is 9.10. The molecule has 20 heavy (non-hydrogen) atoms. The van der Waals surface area contributed by atoms with Crippen LogP contribution in [0.5, 0.6) is 11.6 Å². The maximum absolute atomic E-state index is 11.0. The third-order valence-electron chi connectivity index (χ3n) is 2.97. The molecular weight excluding hydrogens is 324 g/mol. The third kappa shape index (κ3) is 2.96. The number of aromatic nitrogens is 1. The fourth-order valence-electron chi connectivity index (χ4n) is 1.84. The first kappa shape index (κ1) is 14.5. The molecule has 0 aliphatic rings. The lowest BCUT2D eigenvalue weighted by Gasteiger charge is -2.11. The van der Waals surface area contributed by atoms with Crippen molar-refractivity contribution in [3.63, 3.8) is 0 Å². The van der Waals surface area contributed by atoms with Crippen molar-refractivity contribution in [2.45, 2.75) is 20.8 Å². The average molecular weight is 337 g/mol. The van der Waals surface area contributed by atoms with Crippen LogP contribution in [-0.2, 0) is 0 Å². The molecular formula is C14H13BrN2O3. The second kappa shape index (κ2) is 5.58. The minimum absolute atomic E-state index is 0.00806. The summed E-state index contributed by atoms with van der Waals surface area (Å²) >= 11 is 3.17. The Kier molecular flexibility index (Phi) is 4.04. The molecule has 1 aromatic heterocycles. The van der Waals surface area contributed by atoms with E-state index in [1.807, 2.05) is 32.9 Å². The summed E-state index contributed by atoms with van der Waals surface area (Å²) in [6.07, 6.45) is 1.47. The molecule has 0 saturated carbocycles. The summed E-state index contributed by atoms with van der Waals surface area (Å²) in [7, 11) is 0. The van der Waals surface area contributed by atoms with Crippen molar-refractivity contribution >= 4 is 21.6 Å². The van der Waals surface area contributed by atoms with E-state index >= 15 is 0 Å². The molecule has 6 heteroatoms. The molecule has 0 aliphatic heterocycles. The van der Waals surface area contributed by atoms with E-state index < -0.39 is 4.92 Å². The number of nitrogens with zero attached hydrogens (tertiary/aromatic N) is 2. The quantitative estimate of drug-likeness (QED) is 0.612. The molecule has 0 aliphatic carbocycles. The molecule has 0 fully saturated rings. The summed E-state index contributed by atoms with van der Waals surface area (Å²) in [6, 6.07) is 5.25. The molecule has 2 rings (SSSR count). The van der Waals surface area contributed by atoms with Gasteiger partial charge in [0.15, 0.2) is 0 Å². The zero-order chi connectivity index (χ0) is 14.9. The van der Waals surface area contributed by atoms with Gasteiger partial charge in [-0.3, -0.25) is 10.1 Å².